The van der Waals surface area contributed by atoms with Gasteiger partial charge < -0.3 is 9.47 Å². The van der Waals surface area contributed by atoms with Gasteiger partial charge in [-0.3, -0.25) is 9.69 Å². The van der Waals surface area contributed by atoms with E-state index in [1.54, 1.807) is 47.4 Å². The molecule has 0 bridgehead atoms. The lowest BCUT2D eigenvalue weighted by atomic mass is 10.1. The Kier molecular flexibility index (Phi) is 6.16. The van der Waals surface area contributed by atoms with E-state index in [4.69, 9.17) is 21.7 Å². The molecule has 3 rings (SSSR count). The van der Waals surface area contributed by atoms with Crippen LogP contribution in [0.2, 0.25) is 0 Å². The zero-order chi connectivity index (χ0) is 20.3. The van der Waals surface area contributed by atoms with E-state index in [0.29, 0.717) is 32.8 Å². The summed E-state index contributed by atoms with van der Waals surface area (Å²) in [6, 6.07) is 12.3. The van der Waals surface area contributed by atoms with Crippen LogP contribution in [0.1, 0.15) is 28.4 Å². The molecule has 1 fully saturated rings. The van der Waals surface area contributed by atoms with Crippen LogP contribution in [0.3, 0.4) is 0 Å². The van der Waals surface area contributed by atoms with Crippen molar-refractivity contribution in [1.29, 1.82) is 0 Å². The third-order valence-corrected chi connectivity index (χ3v) is 5.51. The largest absolute Gasteiger partial charge is 0.493 e. The number of amides is 1. The van der Waals surface area contributed by atoms with Gasteiger partial charge >= 0.3 is 5.97 Å². The first-order valence-electron chi connectivity index (χ1n) is 8.65. The summed E-state index contributed by atoms with van der Waals surface area (Å²) >= 11 is 6.50. The number of aryl methyl sites for hydroxylation is 1. The highest BCUT2D eigenvalue weighted by atomic mass is 32.2. The molecule has 2 aromatic carbocycles. The highest BCUT2D eigenvalue weighted by molar-refractivity contribution is 8.26. The number of thiocarbonyl (C=S) groups is 1. The minimum atomic E-state index is -0.460. The van der Waals surface area contributed by atoms with Crippen molar-refractivity contribution in [2.45, 2.75) is 13.8 Å². The van der Waals surface area contributed by atoms with Gasteiger partial charge in [0.1, 0.15) is 4.32 Å². The molecule has 0 unspecified atom stereocenters. The first kappa shape index (κ1) is 20.1. The normalized spacial score (nSPS) is 15.2. The Bertz CT molecular complexity index is 984. The predicted octanol–water partition coefficient (Wildman–Crippen LogP) is 4.44. The van der Waals surface area contributed by atoms with Gasteiger partial charge in [-0.05, 0) is 49.8 Å². The molecular weight excluding hydrogens is 394 g/mol. The second kappa shape index (κ2) is 8.58. The maximum atomic E-state index is 12.4. The zero-order valence-corrected chi connectivity index (χ0v) is 17.4. The van der Waals surface area contributed by atoms with Crippen molar-refractivity contribution >= 4 is 46.3 Å². The molecule has 7 heteroatoms. The van der Waals surface area contributed by atoms with Crippen molar-refractivity contribution in [2.75, 3.05) is 13.7 Å². The van der Waals surface area contributed by atoms with Crippen LogP contribution in [0.25, 0.3) is 6.08 Å². The minimum absolute atomic E-state index is 0.105. The number of thioether (sulfide) groups is 1. The smallest absolute Gasteiger partial charge is 0.343 e. The van der Waals surface area contributed by atoms with E-state index in [1.807, 2.05) is 19.9 Å². The molecular formula is C21H19NO4S2. The molecule has 0 aliphatic carbocycles. The van der Waals surface area contributed by atoms with E-state index in [0.717, 1.165) is 11.1 Å². The van der Waals surface area contributed by atoms with Crippen LogP contribution in [0.4, 0.5) is 0 Å². The average molecular weight is 414 g/mol. The van der Waals surface area contributed by atoms with Crippen molar-refractivity contribution in [3.05, 3.63) is 64.1 Å². The molecule has 1 amide bonds. The van der Waals surface area contributed by atoms with E-state index >= 15 is 0 Å². The lowest BCUT2D eigenvalue weighted by molar-refractivity contribution is -0.121. The number of benzene rings is 2. The Balaban J connectivity index is 1.83. The first-order chi connectivity index (χ1) is 13.4. The molecule has 5 nitrogen and oxygen atoms in total. The standard InChI is InChI=1S/C21H19NO4S2/c1-4-22-19(23)18(28-21(22)27)12-14-8-9-16(17(11-14)25-3)26-20(24)15-7-5-6-13(2)10-15/h5-12H,4H2,1-3H3/b18-12+. The third kappa shape index (κ3) is 4.26. The third-order valence-electron chi connectivity index (χ3n) is 4.13. The number of rotatable bonds is 5. The predicted molar refractivity (Wildman–Crippen MR) is 115 cm³/mol. The van der Waals surface area contributed by atoms with E-state index < -0.39 is 5.97 Å². The fourth-order valence-corrected chi connectivity index (χ4v) is 4.10. The summed E-state index contributed by atoms with van der Waals surface area (Å²) < 4.78 is 11.4. The van der Waals surface area contributed by atoms with E-state index in [9.17, 15) is 9.59 Å². The number of carbonyl (C=O) groups excluding carboxylic acids is 2. The number of carbonyl (C=O) groups is 2. The number of hydrogen-bond donors (Lipinski definition) is 0. The van der Waals surface area contributed by atoms with Crippen LogP contribution in [0.5, 0.6) is 11.5 Å². The topological polar surface area (TPSA) is 55.8 Å². The lowest BCUT2D eigenvalue weighted by Crippen LogP contribution is -2.27. The van der Waals surface area contributed by atoms with Crippen molar-refractivity contribution < 1.29 is 19.1 Å². The molecule has 0 atom stereocenters. The van der Waals surface area contributed by atoms with Gasteiger partial charge in [0.15, 0.2) is 11.5 Å². The van der Waals surface area contributed by atoms with E-state index in [1.165, 1.54) is 18.9 Å². The van der Waals surface area contributed by atoms with Crippen molar-refractivity contribution in [1.82, 2.24) is 4.90 Å². The summed E-state index contributed by atoms with van der Waals surface area (Å²) in [4.78, 5) is 26.9. The van der Waals surface area contributed by atoms with Gasteiger partial charge in [-0.25, -0.2) is 4.79 Å². The molecule has 0 N–H and O–H groups in total. The van der Waals surface area contributed by atoms with Crippen LogP contribution in [-0.2, 0) is 4.79 Å². The van der Waals surface area contributed by atoms with Gasteiger partial charge in [-0.1, -0.05) is 47.7 Å². The number of nitrogens with zero attached hydrogens (tertiary/aromatic N) is 1. The monoisotopic (exact) mass is 413 g/mol. The maximum Gasteiger partial charge on any atom is 0.343 e. The van der Waals surface area contributed by atoms with Crippen LogP contribution in [-0.4, -0.2) is 34.8 Å². The van der Waals surface area contributed by atoms with Gasteiger partial charge in [0.05, 0.1) is 17.6 Å². The molecule has 28 heavy (non-hydrogen) atoms. The lowest BCUT2D eigenvalue weighted by Gasteiger charge is -2.11. The SMILES string of the molecule is CCN1C(=O)/C(=C\c2ccc(OC(=O)c3cccc(C)c3)c(OC)c2)SC1=S. The summed E-state index contributed by atoms with van der Waals surface area (Å²) in [7, 11) is 1.50. The second-order valence-corrected chi connectivity index (χ2v) is 7.77. The molecule has 1 saturated heterocycles. The Morgan fingerprint density at radius 2 is 2.00 bits per heavy atom. The summed E-state index contributed by atoms with van der Waals surface area (Å²) in [5, 5.41) is 0. The molecule has 0 saturated carbocycles. The molecule has 2 aromatic rings. The van der Waals surface area contributed by atoms with Crippen molar-refractivity contribution in [3.8, 4) is 11.5 Å². The molecule has 144 valence electrons. The summed E-state index contributed by atoms with van der Waals surface area (Å²) in [5.74, 6) is 0.151. The first-order valence-corrected chi connectivity index (χ1v) is 9.87. The molecule has 0 aromatic heterocycles. The van der Waals surface area contributed by atoms with Crippen molar-refractivity contribution in [3.63, 3.8) is 0 Å². The molecule has 1 aliphatic heterocycles. The Labute approximate surface area is 173 Å². The Morgan fingerprint density at radius 1 is 1.21 bits per heavy atom. The number of likely N-dealkylation sites (N-methyl/N-ethyl adjacent to an activating group) is 1. The highest BCUT2D eigenvalue weighted by Gasteiger charge is 2.30. The van der Waals surface area contributed by atoms with Gasteiger partial charge in [-0.2, -0.15) is 0 Å². The number of esters is 1. The van der Waals surface area contributed by atoms with Gasteiger partial charge in [0, 0.05) is 6.54 Å². The molecule has 0 radical (unpaired) electrons. The Morgan fingerprint density at radius 3 is 2.64 bits per heavy atom. The maximum absolute atomic E-state index is 12.4. The van der Waals surface area contributed by atoms with Gasteiger partial charge in [-0.15, -0.1) is 0 Å². The summed E-state index contributed by atoms with van der Waals surface area (Å²) in [6.45, 7) is 4.33. The summed E-state index contributed by atoms with van der Waals surface area (Å²) in [5.41, 5.74) is 2.19. The fraction of sp³-hybridized carbons (Fsp3) is 0.190. The van der Waals surface area contributed by atoms with Gasteiger partial charge in [0.25, 0.3) is 5.91 Å². The average Bonchev–Trinajstić information content (AvgIpc) is 2.95. The van der Waals surface area contributed by atoms with Crippen LogP contribution in [0.15, 0.2) is 47.4 Å². The number of hydrogen-bond acceptors (Lipinski definition) is 6. The molecule has 0 spiro atoms. The van der Waals surface area contributed by atoms with E-state index in [-0.39, 0.29) is 5.91 Å². The highest BCUT2D eigenvalue weighted by Crippen LogP contribution is 2.34. The number of ether oxygens (including phenoxy) is 2. The van der Waals surface area contributed by atoms with Crippen LogP contribution < -0.4 is 9.47 Å². The van der Waals surface area contributed by atoms with Crippen molar-refractivity contribution in [2.24, 2.45) is 0 Å². The molecule has 1 aliphatic rings. The number of methoxy groups -OCH3 is 1. The Hall–Kier alpha value is -2.64. The van der Waals surface area contributed by atoms with Crippen LogP contribution >= 0.6 is 24.0 Å². The van der Waals surface area contributed by atoms with Crippen LogP contribution in [0, 0.1) is 6.92 Å². The fourth-order valence-electron chi connectivity index (χ4n) is 2.71. The van der Waals surface area contributed by atoms with E-state index in [2.05, 4.69) is 0 Å². The molecule has 1 heterocycles. The van der Waals surface area contributed by atoms with Gasteiger partial charge in [0.2, 0.25) is 0 Å². The minimum Gasteiger partial charge on any atom is -0.493 e. The quantitative estimate of drug-likeness (QED) is 0.313. The second-order valence-electron chi connectivity index (χ2n) is 6.10. The summed E-state index contributed by atoms with van der Waals surface area (Å²) in [6.07, 6.45) is 1.75. The zero-order valence-electron chi connectivity index (χ0n) is 15.7.